The van der Waals surface area contributed by atoms with E-state index in [0.717, 1.165) is 5.75 Å². The highest BCUT2D eigenvalue weighted by Gasteiger charge is 2.16. The SMILES string of the molecule is CSCCNC(=O)N(CC(=O)O)CC(C)C. The largest absolute Gasteiger partial charge is 0.480 e. The molecule has 0 aromatic rings. The number of carboxylic acids is 1. The van der Waals surface area contributed by atoms with E-state index in [9.17, 15) is 9.59 Å². The molecule has 0 saturated carbocycles. The van der Waals surface area contributed by atoms with Gasteiger partial charge in [0.25, 0.3) is 0 Å². The second-order valence-electron chi connectivity index (χ2n) is 3.89. The molecule has 0 heterocycles. The number of hydrogen-bond acceptors (Lipinski definition) is 3. The monoisotopic (exact) mass is 248 g/mol. The van der Waals surface area contributed by atoms with Gasteiger partial charge in [0.2, 0.25) is 0 Å². The van der Waals surface area contributed by atoms with E-state index in [1.165, 1.54) is 4.90 Å². The van der Waals surface area contributed by atoms with Crippen LogP contribution in [0.3, 0.4) is 0 Å². The third-order valence-electron chi connectivity index (χ3n) is 1.78. The van der Waals surface area contributed by atoms with E-state index in [1.807, 2.05) is 20.1 Å². The molecule has 6 heteroatoms. The van der Waals surface area contributed by atoms with Crippen LogP contribution in [0.1, 0.15) is 13.8 Å². The van der Waals surface area contributed by atoms with Crippen LogP contribution < -0.4 is 5.32 Å². The molecule has 0 atom stereocenters. The van der Waals surface area contributed by atoms with Crippen LogP contribution in [0.2, 0.25) is 0 Å². The summed E-state index contributed by atoms with van der Waals surface area (Å²) in [7, 11) is 0. The lowest BCUT2D eigenvalue weighted by Crippen LogP contribution is -2.45. The van der Waals surface area contributed by atoms with E-state index in [1.54, 1.807) is 11.8 Å². The maximum atomic E-state index is 11.6. The zero-order chi connectivity index (χ0) is 12.6. The third kappa shape index (κ3) is 7.39. The van der Waals surface area contributed by atoms with Gasteiger partial charge in [-0.15, -0.1) is 0 Å². The summed E-state index contributed by atoms with van der Waals surface area (Å²) in [6.07, 6.45) is 1.95. The second kappa shape index (κ2) is 8.27. The number of carboxylic acid groups (broad SMARTS) is 1. The predicted octanol–water partition coefficient (Wildman–Crippen LogP) is 1.10. The van der Waals surface area contributed by atoms with E-state index in [2.05, 4.69) is 5.32 Å². The quantitative estimate of drug-likeness (QED) is 0.662. The average molecular weight is 248 g/mol. The number of hydrogen-bond donors (Lipinski definition) is 2. The summed E-state index contributed by atoms with van der Waals surface area (Å²) in [6.45, 7) is 4.67. The smallest absolute Gasteiger partial charge is 0.323 e. The Morgan fingerprint density at radius 1 is 1.44 bits per heavy atom. The van der Waals surface area contributed by atoms with Crippen LogP contribution in [-0.4, -0.2) is 53.6 Å². The molecule has 0 aliphatic heterocycles. The molecule has 0 rings (SSSR count). The summed E-state index contributed by atoms with van der Waals surface area (Å²) in [5.41, 5.74) is 0. The van der Waals surface area contributed by atoms with Crippen molar-refractivity contribution >= 4 is 23.8 Å². The Bertz CT molecular complexity index is 234. The Balaban J connectivity index is 4.15. The molecule has 5 nitrogen and oxygen atoms in total. The summed E-state index contributed by atoms with van der Waals surface area (Å²) in [4.78, 5) is 23.6. The van der Waals surface area contributed by atoms with Crippen molar-refractivity contribution in [1.82, 2.24) is 10.2 Å². The summed E-state index contributed by atoms with van der Waals surface area (Å²) >= 11 is 1.63. The maximum absolute atomic E-state index is 11.6. The molecule has 0 bridgehead atoms. The van der Waals surface area contributed by atoms with Gasteiger partial charge in [0, 0.05) is 18.8 Å². The molecular formula is C10H20N2O3S. The molecule has 0 fully saturated rings. The van der Waals surface area contributed by atoms with Gasteiger partial charge in [0.1, 0.15) is 6.54 Å². The number of amides is 2. The molecule has 0 unspecified atom stereocenters. The molecule has 16 heavy (non-hydrogen) atoms. The summed E-state index contributed by atoms with van der Waals surface area (Å²) in [5, 5.41) is 11.4. The van der Waals surface area contributed by atoms with Gasteiger partial charge in [-0.05, 0) is 12.2 Å². The van der Waals surface area contributed by atoms with Gasteiger partial charge in [-0.3, -0.25) is 4.79 Å². The summed E-state index contributed by atoms with van der Waals surface area (Å²) in [5.74, 6) is 0.0974. The summed E-state index contributed by atoms with van der Waals surface area (Å²) < 4.78 is 0. The van der Waals surface area contributed by atoms with Crippen molar-refractivity contribution in [2.24, 2.45) is 5.92 Å². The Morgan fingerprint density at radius 2 is 2.06 bits per heavy atom. The zero-order valence-corrected chi connectivity index (χ0v) is 10.8. The van der Waals surface area contributed by atoms with E-state index in [4.69, 9.17) is 5.11 Å². The van der Waals surface area contributed by atoms with Crippen LogP contribution in [-0.2, 0) is 4.79 Å². The number of urea groups is 1. The standard InChI is InChI=1S/C10H20N2O3S/c1-8(2)6-12(7-9(13)14)10(15)11-4-5-16-3/h8H,4-7H2,1-3H3,(H,11,15)(H,13,14). The van der Waals surface area contributed by atoms with Crippen molar-refractivity contribution in [3.63, 3.8) is 0 Å². The van der Waals surface area contributed by atoms with Gasteiger partial charge in [-0.25, -0.2) is 4.79 Å². The Morgan fingerprint density at radius 3 is 2.50 bits per heavy atom. The van der Waals surface area contributed by atoms with Crippen molar-refractivity contribution in [3.05, 3.63) is 0 Å². The highest BCUT2D eigenvalue weighted by molar-refractivity contribution is 7.98. The third-order valence-corrected chi connectivity index (χ3v) is 2.39. The number of carbonyl (C=O) groups is 2. The van der Waals surface area contributed by atoms with Gasteiger partial charge in [-0.2, -0.15) is 11.8 Å². The lowest BCUT2D eigenvalue weighted by atomic mass is 10.2. The predicted molar refractivity (Wildman–Crippen MR) is 65.8 cm³/mol. The van der Waals surface area contributed by atoms with Gasteiger partial charge in [0.15, 0.2) is 0 Å². The fourth-order valence-corrected chi connectivity index (χ4v) is 1.50. The minimum atomic E-state index is -0.985. The van der Waals surface area contributed by atoms with Gasteiger partial charge in [0.05, 0.1) is 0 Å². The molecule has 0 aliphatic rings. The van der Waals surface area contributed by atoms with Crippen LogP contribution in [0.15, 0.2) is 0 Å². The van der Waals surface area contributed by atoms with Crippen LogP contribution in [0.4, 0.5) is 4.79 Å². The van der Waals surface area contributed by atoms with Crippen LogP contribution in [0.5, 0.6) is 0 Å². The Kier molecular flexibility index (Phi) is 7.80. The van der Waals surface area contributed by atoms with E-state index in [0.29, 0.717) is 13.1 Å². The fraction of sp³-hybridized carbons (Fsp3) is 0.800. The molecule has 2 N–H and O–H groups in total. The molecule has 0 aromatic carbocycles. The first kappa shape index (κ1) is 15.1. The first-order valence-corrected chi connectivity index (χ1v) is 6.60. The molecule has 2 amide bonds. The molecule has 0 aliphatic carbocycles. The minimum Gasteiger partial charge on any atom is -0.480 e. The topological polar surface area (TPSA) is 69.6 Å². The number of nitrogens with one attached hydrogen (secondary N) is 1. The average Bonchev–Trinajstić information content (AvgIpc) is 2.15. The van der Waals surface area contributed by atoms with Gasteiger partial charge >= 0.3 is 12.0 Å². The van der Waals surface area contributed by atoms with Crippen molar-refractivity contribution in [1.29, 1.82) is 0 Å². The Hall–Kier alpha value is -0.910. The molecule has 0 saturated heterocycles. The molecule has 0 radical (unpaired) electrons. The number of aliphatic carboxylic acids is 1. The van der Waals surface area contributed by atoms with Gasteiger partial charge in [-0.1, -0.05) is 13.8 Å². The highest BCUT2D eigenvalue weighted by Crippen LogP contribution is 1.99. The van der Waals surface area contributed by atoms with Crippen LogP contribution in [0, 0.1) is 5.92 Å². The molecular weight excluding hydrogens is 228 g/mol. The number of thioether (sulfide) groups is 1. The first-order chi connectivity index (χ1) is 7.47. The van der Waals surface area contributed by atoms with Crippen molar-refractivity contribution in [2.45, 2.75) is 13.8 Å². The van der Waals surface area contributed by atoms with Crippen LogP contribution >= 0.6 is 11.8 Å². The first-order valence-electron chi connectivity index (χ1n) is 5.20. The minimum absolute atomic E-state index is 0.247. The van der Waals surface area contributed by atoms with Crippen molar-refractivity contribution in [3.8, 4) is 0 Å². The second-order valence-corrected chi connectivity index (χ2v) is 4.88. The maximum Gasteiger partial charge on any atom is 0.323 e. The van der Waals surface area contributed by atoms with Crippen molar-refractivity contribution < 1.29 is 14.7 Å². The van der Waals surface area contributed by atoms with E-state index in [-0.39, 0.29) is 18.5 Å². The number of nitrogens with zero attached hydrogens (tertiary/aromatic N) is 1. The highest BCUT2D eigenvalue weighted by atomic mass is 32.2. The molecule has 94 valence electrons. The normalized spacial score (nSPS) is 10.2. The Labute approximate surface area is 101 Å². The lowest BCUT2D eigenvalue weighted by molar-refractivity contribution is -0.137. The molecule has 0 aromatic heterocycles. The van der Waals surface area contributed by atoms with E-state index < -0.39 is 5.97 Å². The summed E-state index contributed by atoms with van der Waals surface area (Å²) in [6, 6.07) is -0.301. The number of rotatable bonds is 7. The van der Waals surface area contributed by atoms with E-state index >= 15 is 0 Å². The van der Waals surface area contributed by atoms with Crippen LogP contribution in [0.25, 0.3) is 0 Å². The number of carbonyl (C=O) groups excluding carboxylic acids is 1. The molecule has 0 spiro atoms. The zero-order valence-electron chi connectivity index (χ0n) is 10.0. The lowest BCUT2D eigenvalue weighted by Gasteiger charge is -2.22. The fourth-order valence-electron chi connectivity index (χ4n) is 1.20. The van der Waals surface area contributed by atoms with Crippen molar-refractivity contribution in [2.75, 3.05) is 31.6 Å². The van der Waals surface area contributed by atoms with Gasteiger partial charge < -0.3 is 15.3 Å².